The lowest BCUT2D eigenvalue weighted by Gasteiger charge is -2.27. The van der Waals surface area contributed by atoms with Crippen molar-refractivity contribution >= 4 is 11.7 Å². The second-order valence-electron chi connectivity index (χ2n) is 5.03. The van der Waals surface area contributed by atoms with Gasteiger partial charge in [0.25, 0.3) is 0 Å². The zero-order valence-corrected chi connectivity index (χ0v) is 11.7. The second-order valence-corrected chi connectivity index (χ2v) is 5.03. The van der Waals surface area contributed by atoms with Gasteiger partial charge in [0.1, 0.15) is 0 Å². The molecule has 0 aromatic heterocycles. The third-order valence-electron chi connectivity index (χ3n) is 3.80. The summed E-state index contributed by atoms with van der Waals surface area (Å²) in [7, 11) is 3.99. The van der Waals surface area contributed by atoms with Crippen molar-refractivity contribution in [1.29, 1.82) is 0 Å². The monoisotopic (exact) mass is 249 g/mol. The summed E-state index contributed by atoms with van der Waals surface area (Å²) < 4.78 is 0. The molecule has 0 fully saturated rings. The van der Waals surface area contributed by atoms with Crippen molar-refractivity contribution in [2.24, 2.45) is 5.41 Å². The maximum absolute atomic E-state index is 11.5. The molecule has 0 atom stereocenters. The molecule has 0 saturated carbocycles. The lowest BCUT2D eigenvalue weighted by molar-refractivity contribution is -0.149. The fourth-order valence-corrected chi connectivity index (χ4v) is 2.18. The summed E-state index contributed by atoms with van der Waals surface area (Å²) >= 11 is 0. The van der Waals surface area contributed by atoms with E-state index in [1.165, 1.54) is 0 Å². The Balaban J connectivity index is 2.91. The van der Waals surface area contributed by atoms with Crippen LogP contribution in [0.15, 0.2) is 24.3 Å². The van der Waals surface area contributed by atoms with Gasteiger partial charge in [0, 0.05) is 19.8 Å². The van der Waals surface area contributed by atoms with E-state index in [0.717, 1.165) is 11.3 Å². The Morgan fingerprint density at radius 1 is 1.17 bits per heavy atom. The molecule has 3 heteroatoms. The van der Waals surface area contributed by atoms with Crippen LogP contribution in [-0.4, -0.2) is 25.2 Å². The molecule has 0 saturated heterocycles. The van der Waals surface area contributed by atoms with Gasteiger partial charge >= 0.3 is 5.97 Å². The van der Waals surface area contributed by atoms with E-state index >= 15 is 0 Å². The standard InChI is InChI=1S/C15H23NO2/c1-5-15(6-2,14(17)18)11-12-7-9-13(10-8-12)16(3)4/h7-10H,5-6,11H2,1-4H3,(H,17,18). The first kappa shape index (κ1) is 14.6. The van der Waals surface area contributed by atoms with E-state index in [1.54, 1.807) is 0 Å². The van der Waals surface area contributed by atoms with E-state index in [-0.39, 0.29) is 0 Å². The summed E-state index contributed by atoms with van der Waals surface area (Å²) in [6, 6.07) is 8.12. The quantitative estimate of drug-likeness (QED) is 0.841. The van der Waals surface area contributed by atoms with Gasteiger partial charge in [-0.25, -0.2) is 0 Å². The number of aliphatic carboxylic acids is 1. The molecule has 0 aliphatic heterocycles. The Labute approximate surface area is 109 Å². The van der Waals surface area contributed by atoms with E-state index < -0.39 is 11.4 Å². The maximum Gasteiger partial charge on any atom is 0.309 e. The number of carbonyl (C=O) groups is 1. The highest BCUT2D eigenvalue weighted by molar-refractivity contribution is 5.75. The van der Waals surface area contributed by atoms with Crippen LogP contribution in [0.2, 0.25) is 0 Å². The average Bonchev–Trinajstić information content (AvgIpc) is 2.36. The largest absolute Gasteiger partial charge is 0.481 e. The van der Waals surface area contributed by atoms with Gasteiger partial charge in [0.15, 0.2) is 0 Å². The van der Waals surface area contributed by atoms with E-state index in [4.69, 9.17) is 0 Å². The average molecular weight is 249 g/mol. The lowest BCUT2D eigenvalue weighted by Crippen LogP contribution is -2.32. The first-order valence-corrected chi connectivity index (χ1v) is 6.45. The predicted octanol–water partition coefficient (Wildman–Crippen LogP) is 3.19. The molecule has 0 heterocycles. The third kappa shape index (κ3) is 3.03. The minimum atomic E-state index is -0.691. The van der Waals surface area contributed by atoms with Gasteiger partial charge < -0.3 is 10.0 Å². The normalized spacial score (nSPS) is 11.3. The Kier molecular flexibility index (Phi) is 4.76. The van der Waals surface area contributed by atoms with Crippen LogP contribution >= 0.6 is 0 Å². The Morgan fingerprint density at radius 2 is 1.67 bits per heavy atom. The van der Waals surface area contributed by atoms with Crippen molar-refractivity contribution in [2.45, 2.75) is 33.1 Å². The van der Waals surface area contributed by atoms with Crippen LogP contribution in [0.5, 0.6) is 0 Å². The number of nitrogens with zero attached hydrogens (tertiary/aromatic N) is 1. The van der Waals surface area contributed by atoms with Crippen molar-refractivity contribution in [3.8, 4) is 0 Å². The van der Waals surface area contributed by atoms with Crippen LogP contribution < -0.4 is 4.90 Å². The molecule has 0 unspecified atom stereocenters. The molecule has 1 rings (SSSR count). The van der Waals surface area contributed by atoms with Gasteiger partial charge in [-0.2, -0.15) is 0 Å². The fourth-order valence-electron chi connectivity index (χ4n) is 2.18. The molecule has 0 spiro atoms. The molecule has 0 aliphatic rings. The highest BCUT2D eigenvalue weighted by Crippen LogP contribution is 2.31. The van der Waals surface area contributed by atoms with Crippen molar-refractivity contribution in [2.75, 3.05) is 19.0 Å². The van der Waals surface area contributed by atoms with Crippen LogP contribution in [0.1, 0.15) is 32.3 Å². The fraction of sp³-hybridized carbons (Fsp3) is 0.533. The van der Waals surface area contributed by atoms with Crippen molar-refractivity contribution in [3.63, 3.8) is 0 Å². The van der Waals surface area contributed by atoms with Crippen LogP contribution in [-0.2, 0) is 11.2 Å². The van der Waals surface area contributed by atoms with Crippen molar-refractivity contribution in [3.05, 3.63) is 29.8 Å². The molecule has 0 radical (unpaired) electrons. The first-order chi connectivity index (χ1) is 8.45. The number of anilines is 1. The Morgan fingerprint density at radius 3 is 2.00 bits per heavy atom. The number of carboxylic acid groups (broad SMARTS) is 1. The smallest absolute Gasteiger partial charge is 0.309 e. The lowest BCUT2D eigenvalue weighted by atomic mass is 9.77. The summed E-state index contributed by atoms with van der Waals surface area (Å²) in [6.45, 7) is 3.90. The van der Waals surface area contributed by atoms with Crippen molar-refractivity contribution < 1.29 is 9.90 Å². The SMILES string of the molecule is CCC(CC)(Cc1ccc(N(C)C)cc1)C(=O)O. The topological polar surface area (TPSA) is 40.5 Å². The number of carboxylic acids is 1. The van der Waals surface area contributed by atoms with Crippen molar-refractivity contribution in [1.82, 2.24) is 0 Å². The van der Waals surface area contributed by atoms with Crippen LogP contribution in [0, 0.1) is 5.41 Å². The molecule has 0 amide bonds. The summed E-state index contributed by atoms with van der Waals surface area (Å²) in [5, 5.41) is 9.42. The number of hydrogen-bond donors (Lipinski definition) is 1. The van der Waals surface area contributed by atoms with Crippen LogP contribution in [0.3, 0.4) is 0 Å². The van der Waals surface area contributed by atoms with Crippen LogP contribution in [0.4, 0.5) is 5.69 Å². The number of hydrogen-bond acceptors (Lipinski definition) is 2. The minimum Gasteiger partial charge on any atom is -0.481 e. The van der Waals surface area contributed by atoms with E-state index in [0.29, 0.717) is 19.3 Å². The highest BCUT2D eigenvalue weighted by atomic mass is 16.4. The molecule has 1 aromatic rings. The summed E-state index contributed by atoms with van der Waals surface area (Å²) in [5.74, 6) is -0.691. The summed E-state index contributed by atoms with van der Waals surface area (Å²) in [6.07, 6.45) is 1.92. The Hall–Kier alpha value is -1.51. The molecular weight excluding hydrogens is 226 g/mol. The highest BCUT2D eigenvalue weighted by Gasteiger charge is 2.34. The van der Waals surface area contributed by atoms with Gasteiger partial charge in [0.2, 0.25) is 0 Å². The molecule has 3 nitrogen and oxygen atoms in total. The Bertz CT molecular complexity index is 391. The predicted molar refractivity (Wildman–Crippen MR) is 75.1 cm³/mol. The van der Waals surface area contributed by atoms with E-state index in [9.17, 15) is 9.90 Å². The van der Waals surface area contributed by atoms with Gasteiger partial charge in [-0.3, -0.25) is 4.79 Å². The number of rotatable bonds is 6. The second kappa shape index (κ2) is 5.89. The first-order valence-electron chi connectivity index (χ1n) is 6.45. The van der Waals surface area contributed by atoms with E-state index in [2.05, 4.69) is 0 Å². The van der Waals surface area contributed by atoms with Crippen LogP contribution in [0.25, 0.3) is 0 Å². The number of benzene rings is 1. The molecule has 0 aliphatic carbocycles. The van der Waals surface area contributed by atoms with Gasteiger partial charge in [-0.15, -0.1) is 0 Å². The zero-order chi connectivity index (χ0) is 13.8. The molecular formula is C15H23NO2. The van der Waals surface area contributed by atoms with Gasteiger partial charge in [0.05, 0.1) is 5.41 Å². The third-order valence-corrected chi connectivity index (χ3v) is 3.80. The maximum atomic E-state index is 11.5. The van der Waals surface area contributed by atoms with E-state index in [1.807, 2.05) is 57.1 Å². The summed E-state index contributed by atoms with van der Waals surface area (Å²) in [4.78, 5) is 13.5. The zero-order valence-electron chi connectivity index (χ0n) is 11.7. The molecule has 0 bridgehead atoms. The van der Waals surface area contributed by atoms with Gasteiger partial charge in [-0.05, 0) is 37.0 Å². The molecule has 1 N–H and O–H groups in total. The summed E-state index contributed by atoms with van der Waals surface area (Å²) in [5.41, 5.74) is 1.60. The molecule has 100 valence electrons. The minimum absolute atomic E-state index is 0.600. The molecule has 18 heavy (non-hydrogen) atoms. The van der Waals surface area contributed by atoms with Gasteiger partial charge in [-0.1, -0.05) is 26.0 Å². The molecule has 1 aromatic carbocycles.